The van der Waals surface area contributed by atoms with E-state index in [9.17, 15) is 4.79 Å². The normalized spacial score (nSPS) is 11.2. The lowest BCUT2D eigenvalue weighted by Crippen LogP contribution is -2.30. The number of carboxylic acid groups (broad SMARTS) is 1. The minimum absolute atomic E-state index is 0.0609. The van der Waals surface area contributed by atoms with Crippen LogP contribution in [0.2, 0.25) is 0 Å². The van der Waals surface area contributed by atoms with Crippen LogP contribution in [-0.2, 0) is 4.79 Å². The van der Waals surface area contributed by atoms with Gasteiger partial charge >= 0.3 is 5.97 Å². The Labute approximate surface area is 79.9 Å². The summed E-state index contributed by atoms with van der Waals surface area (Å²) in [4.78, 5) is 12.4. The third-order valence-corrected chi connectivity index (χ3v) is 2.02. The van der Waals surface area contributed by atoms with Gasteiger partial charge in [-0.25, -0.2) is 0 Å². The SMILES string of the molecule is CC(C)N(C)CCCNCC(=O)O. The molecule has 0 fully saturated rings. The zero-order chi connectivity index (χ0) is 10.3. The summed E-state index contributed by atoms with van der Waals surface area (Å²) >= 11 is 0. The molecule has 0 unspecified atom stereocenters. The molecule has 0 aromatic carbocycles. The van der Waals surface area contributed by atoms with E-state index in [0.29, 0.717) is 6.04 Å². The maximum absolute atomic E-state index is 10.1. The summed E-state index contributed by atoms with van der Waals surface area (Å²) in [6.07, 6.45) is 0.988. The third-order valence-electron chi connectivity index (χ3n) is 2.02. The molecule has 0 aromatic rings. The molecule has 0 aromatic heterocycles. The summed E-state index contributed by atoms with van der Waals surface area (Å²) in [7, 11) is 2.07. The molecule has 0 amide bonds. The fourth-order valence-corrected chi connectivity index (χ4v) is 0.907. The van der Waals surface area contributed by atoms with Crippen LogP contribution >= 0.6 is 0 Å². The minimum Gasteiger partial charge on any atom is -0.480 e. The highest BCUT2D eigenvalue weighted by molar-refractivity contribution is 5.68. The standard InChI is InChI=1S/C9H20N2O2/c1-8(2)11(3)6-4-5-10-7-9(12)13/h8,10H,4-7H2,1-3H3,(H,12,13). The quantitative estimate of drug-likeness (QED) is 0.567. The van der Waals surface area contributed by atoms with Gasteiger partial charge in [0, 0.05) is 6.04 Å². The van der Waals surface area contributed by atoms with Crippen molar-refractivity contribution in [3.8, 4) is 0 Å². The number of carbonyl (C=O) groups is 1. The maximum Gasteiger partial charge on any atom is 0.317 e. The first-order valence-corrected chi connectivity index (χ1v) is 4.66. The molecule has 0 aliphatic rings. The second kappa shape index (κ2) is 6.86. The van der Waals surface area contributed by atoms with Crippen molar-refractivity contribution < 1.29 is 9.90 Å². The molecule has 0 saturated heterocycles. The molecule has 4 heteroatoms. The highest BCUT2D eigenvalue weighted by Crippen LogP contribution is 1.93. The maximum atomic E-state index is 10.1. The van der Waals surface area contributed by atoms with Gasteiger partial charge in [-0.05, 0) is 40.4 Å². The topological polar surface area (TPSA) is 52.6 Å². The minimum atomic E-state index is -0.794. The van der Waals surface area contributed by atoms with Gasteiger partial charge in [0.05, 0.1) is 6.54 Å². The van der Waals surface area contributed by atoms with Crippen LogP contribution in [0.3, 0.4) is 0 Å². The molecular weight excluding hydrogens is 168 g/mol. The third kappa shape index (κ3) is 7.74. The van der Waals surface area contributed by atoms with Crippen LogP contribution in [0.15, 0.2) is 0 Å². The zero-order valence-electron chi connectivity index (χ0n) is 8.71. The van der Waals surface area contributed by atoms with E-state index in [1.165, 1.54) is 0 Å². The second-order valence-electron chi connectivity index (χ2n) is 3.50. The number of hydrogen-bond acceptors (Lipinski definition) is 3. The number of nitrogens with one attached hydrogen (secondary N) is 1. The summed E-state index contributed by atoms with van der Waals surface area (Å²) in [6, 6.07) is 0.555. The van der Waals surface area contributed by atoms with Crippen molar-refractivity contribution in [1.29, 1.82) is 0 Å². The molecule has 0 aliphatic carbocycles. The predicted molar refractivity (Wildman–Crippen MR) is 52.9 cm³/mol. The van der Waals surface area contributed by atoms with E-state index < -0.39 is 5.97 Å². The summed E-state index contributed by atoms with van der Waals surface area (Å²) in [5.74, 6) is -0.794. The molecule has 2 N–H and O–H groups in total. The lowest BCUT2D eigenvalue weighted by molar-refractivity contribution is -0.135. The van der Waals surface area contributed by atoms with Crippen LogP contribution in [0.25, 0.3) is 0 Å². The van der Waals surface area contributed by atoms with Crippen LogP contribution in [0, 0.1) is 0 Å². The Hall–Kier alpha value is -0.610. The van der Waals surface area contributed by atoms with Crippen LogP contribution in [0.5, 0.6) is 0 Å². The van der Waals surface area contributed by atoms with Gasteiger partial charge in [0.2, 0.25) is 0 Å². The monoisotopic (exact) mass is 188 g/mol. The fourth-order valence-electron chi connectivity index (χ4n) is 0.907. The predicted octanol–water partition coefficient (Wildman–Crippen LogP) is 0.391. The zero-order valence-corrected chi connectivity index (χ0v) is 8.71. The van der Waals surface area contributed by atoms with Gasteiger partial charge in [-0.15, -0.1) is 0 Å². The Bertz CT molecular complexity index is 149. The van der Waals surface area contributed by atoms with Gasteiger partial charge in [-0.2, -0.15) is 0 Å². The van der Waals surface area contributed by atoms with Gasteiger partial charge in [0.15, 0.2) is 0 Å². The molecule has 0 saturated carbocycles. The molecule has 0 bridgehead atoms. The molecule has 0 radical (unpaired) electrons. The lowest BCUT2D eigenvalue weighted by Gasteiger charge is -2.20. The van der Waals surface area contributed by atoms with Gasteiger partial charge in [0.25, 0.3) is 0 Å². The average Bonchev–Trinajstić information content (AvgIpc) is 2.02. The molecule has 13 heavy (non-hydrogen) atoms. The van der Waals surface area contributed by atoms with Gasteiger partial charge in [-0.3, -0.25) is 4.79 Å². The first-order valence-electron chi connectivity index (χ1n) is 4.66. The van der Waals surface area contributed by atoms with E-state index in [2.05, 4.69) is 31.1 Å². The Balaban J connectivity index is 3.21. The molecule has 4 nitrogen and oxygen atoms in total. The molecule has 0 spiro atoms. The smallest absolute Gasteiger partial charge is 0.317 e. The fraction of sp³-hybridized carbons (Fsp3) is 0.889. The van der Waals surface area contributed by atoms with Crippen LogP contribution in [0.1, 0.15) is 20.3 Å². The lowest BCUT2D eigenvalue weighted by atomic mass is 10.3. The van der Waals surface area contributed by atoms with Crippen molar-refractivity contribution in [2.24, 2.45) is 0 Å². The Morgan fingerprint density at radius 2 is 2.15 bits per heavy atom. The van der Waals surface area contributed by atoms with Crippen molar-refractivity contribution >= 4 is 5.97 Å². The van der Waals surface area contributed by atoms with Crippen LogP contribution in [0.4, 0.5) is 0 Å². The summed E-state index contributed by atoms with van der Waals surface area (Å²) in [5.41, 5.74) is 0. The number of nitrogens with zero attached hydrogens (tertiary/aromatic N) is 1. The van der Waals surface area contributed by atoms with E-state index in [1.54, 1.807) is 0 Å². The first-order chi connectivity index (χ1) is 6.04. The summed E-state index contributed by atoms with van der Waals surface area (Å²) < 4.78 is 0. The highest BCUT2D eigenvalue weighted by atomic mass is 16.4. The van der Waals surface area contributed by atoms with Crippen molar-refractivity contribution in [1.82, 2.24) is 10.2 Å². The second-order valence-corrected chi connectivity index (χ2v) is 3.50. The van der Waals surface area contributed by atoms with Crippen LogP contribution < -0.4 is 5.32 Å². The van der Waals surface area contributed by atoms with Crippen LogP contribution in [-0.4, -0.2) is 48.7 Å². The Morgan fingerprint density at radius 3 is 2.62 bits per heavy atom. The van der Waals surface area contributed by atoms with E-state index in [4.69, 9.17) is 5.11 Å². The van der Waals surface area contributed by atoms with Gasteiger partial charge in [0.1, 0.15) is 0 Å². The summed E-state index contributed by atoms with van der Waals surface area (Å²) in [5, 5.41) is 11.2. The van der Waals surface area contributed by atoms with E-state index in [-0.39, 0.29) is 6.54 Å². The highest BCUT2D eigenvalue weighted by Gasteiger charge is 2.01. The molecule has 78 valence electrons. The number of carboxylic acids is 1. The largest absolute Gasteiger partial charge is 0.480 e. The molecule has 0 heterocycles. The van der Waals surface area contributed by atoms with E-state index >= 15 is 0 Å². The van der Waals surface area contributed by atoms with Gasteiger partial charge < -0.3 is 15.3 Å². The Morgan fingerprint density at radius 1 is 1.54 bits per heavy atom. The van der Waals surface area contributed by atoms with Crippen molar-refractivity contribution in [2.45, 2.75) is 26.3 Å². The average molecular weight is 188 g/mol. The van der Waals surface area contributed by atoms with Crippen molar-refractivity contribution in [3.05, 3.63) is 0 Å². The summed E-state index contributed by atoms with van der Waals surface area (Å²) in [6.45, 7) is 6.12. The number of aliphatic carboxylic acids is 1. The molecular formula is C9H20N2O2. The van der Waals surface area contributed by atoms with E-state index in [0.717, 1.165) is 19.5 Å². The number of rotatable bonds is 7. The number of hydrogen-bond donors (Lipinski definition) is 2. The van der Waals surface area contributed by atoms with Crippen molar-refractivity contribution in [2.75, 3.05) is 26.7 Å². The molecule has 0 rings (SSSR count). The van der Waals surface area contributed by atoms with Gasteiger partial charge in [-0.1, -0.05) is 0 Å². The Kier molecular flexibility index (Phi) is 6.54. The molecule has 0 aliphatic heterocycles. The first kappa shape index (κ1) is 12.4. The molecule has 0 atom stereocenters. The van der Waals surface area contributed by atoms with E-state index in [1.807, 2.05) is 0 Å². The van der Waals surface area contributed by atoms with Crippen molar-refractivity contribution in [3.63, 3.8) is 0 Å².